The molecule has 2 rings (SSSR count). The highest BCUT2D eigenvalue weighted by molar-refractivity contribution is 4.91. The minimum atomic E-state index is 0.777. The molecule has 2 nitrogen and oxygen atoms in total. The van der Waals surface area contributed by atoms with E-state index in [0.717, 1.165) is 24.5 Å². The van der Waals surface area contributed by atoms with Gasteiger partial charge < -0.3 is 10.6 Å². The third kappa shape index (κ3) is 2.05. The minimum Gasteiger partial charge on any atom is -0.330 e. The van der Waals surface area contributed by atoms with Gasteiger partial charge in [0.1, 0.15) is 0 Å². The first-order chi connectivity index (χ1) is 6.33. The predicted molar refractivity (Wildman–Crippen MR) is 55.6 cm³/mol. The Morgan fingerprint density at radius 2 is 1.85 bits per heavy atom. The largest absolute Gasteiger partial charge is 0.330 e. The quantitative estimate of drug-likeness (QED) is 0.718. The maximum absolute atomic E-state index is 5.83. The van der Waals surface area contributed by atoms with Crippen LogP contribution in [0.3, 0.4) is 0 Å². The highest BCUT2D eigenvalue weighted by Crippen LogP contribution is 2.34. The summed E-state index contributed by atoms with van der Waals surface area (Å²) in [5.74, 6) is 0.777. The summed E-state index contributed by atoms with van der Waals surface area (Å²) in [4.78, 5) is 2.61. The zero-order chi connectivity index (χ0) is 9.26. The standard InChI is InChI=1S/C11H22N2/c1-13(10-6-7-10)11-5-3-2-4-9(11)8-12/h9-11H,2-8,12H2,1H3. The summed E-state index contributed by atoms with van der Waals surface area (Å²) >= 11 is 0. The molecule has 2 atom stereocenters. The number of hydrogen-bond donors (Lipinski definition) is 1. The number of hydrogen-bond acceptors (Lipinski definition) is 2. The Morgan fingerprint density at radius 3 is 2.46 bits per heavy atom. The zero-order valence-electron chi connectivity index (χ0n) is 8.71. The molecule has 0 aromatic heterocycles. The summed E-state index contributed by atoms with van der Waals surface area (Å²) in [6, 6.07) is 1.70. The van der Waals surface area contributed by atoms with Crippen LogP contribution in [0.1, 0.15) is 38.5 Å². The molecule has 76 valence electrons. The monoisotopic (exact) mass is 182 g/mol. The van der Waals surface area contributed by atoms with Crippen molar-refractivity contribution in [2.75, 3.05) is 13.6 Å². The molecule has 0 aromatic carbocycles. The third-order valence-electron chi connectivity index (χ3n) is 3.82. The summed E-state index contributed by atoms with van der Waals surface area (Å²) in [5, 5.41) is 0. The van der Waals surface area contributed by atoms with Gasteiger partial charge in [-0.05, 0) is 45.2 Å². The molecule has 0 saturated heterocycles. The second-order valence-corrected chi connectivity index (χ2v) is 4.74. The fourth-order valence-electron chi connectivity index (χ4n) is 2.75. The normalized spacial score (nSPS) is 35.3. The van der Waals surface area contributed by atoms with Crippen LogP contribution in [0.4, 0.5) is 0 Å². The molecule has 0 radical (unpaired) electrons. The Hall–Kier alpha value is -0.0800. The summed E-state index contributed by atoms with van der Waals surface area (Å²) in [6.07, 6.45) is 8.40. The molecule has 0 heterocycles. The SMILES string of the molecule is CN(C1CC1)C1CCCCC1CN. The number of rotatable bonds is 3. The van der Waals surface area contributed by atoms with Crippen LogP contribution in [0.15, 0.2) is 0 Å². The fraction of sp³-hybridized carbons (Fsp3) is 1.00. The fourth-order valence-corrected chi connectivity index (χ4v) is 2.75. The van der Waals surface area contributed by atoms with Crippen LogP contribution in [0.5, 0.6) is 0 Å². The maximum Gasteiger partial charge on any atom is 0.0135 e. The topological polar surface area (TPSA) is 29.3 Å². The van der Waals surface area contributed by atoms with E-state index in [9.17, 15) is 0 Å². The van der Waals surface area contributed by atoms with Gasteiger partial charge in [-0.1, -0.05) is 12.8 Å². The van der Waals surface area contributed by atoms with Crippen LogP contribution in [0, 0.1) is 5.92 Å². The molecule has 0 bridgehead atoms. The van der Waals surface area contributed by atoms with Crippen molar-refractivity contribution in [2.24, 2.45) is 11.7 Å². The molecule has 2 N–H and O–H groups in total. The summed E-state index contributed by atoms with van der Waals surface area (Å²) in [7, 11) is 2.30. The Labute approximate surface area is 81.5 Å². The van der Waals surface area contributed by atoms with E-state index in [1.807, 2.05) is 0 Å². The van der Waals surface area contributed by atoms with E-state index < -0.39 is 0 Å². The zero-order valence-corrected chi connectivity index (χ0v) is 8.71. The van der Waals surface area contributed by atoms with Crippen molar-refractivity contribution in [1.29, 1.82) is 0 Å². The molecule has 0 amide bonds. The highest BCUT2D eigenvalue weighted by Gasteiger charge is 2.35. The van der Waals surface area contributed by atoms with E-state index in [1.54, 1.807) is 0 Å². The van der Waals surface area contributed by atoms with Crippen LogP contribution in [-0.4, -0.2) is 30.6 Å². The van der Waals surface area contributed by atoms with Crippen molar-refractivity contribution in [3.05, 3.63) is 0 Å². The van der Waals surface area contributed by atoms with Crippen LogP contribution < -0.4 is 5.73 Å². The maximum atomic E-state index is 5.83. The van der Waals surface area contributed by atoms with Gasteiger partial charge in [0.2, 0.25) is 0 Å². The van der Waals surface area contributed by atoms with E-state index in [-0.39, 0.29) is 0 Å². The number of nitrogens with zero attached hydrogens (tertiary/aromatic N) is 1. The lowest BCUT2D eigenvalue weighted by atomic mass is 9.83. The molecule has 2 saturated carbocycles. The van der Waals surface area contributed by atoms with Crippen molar-refractivity contribution in [3.63, 3.8) is 0 Å². The van der Waals surface area contributed by atoms with E-state index in [0.29, 0.717) is 0 Å². The minimum absolute atomic E-state index is 0.777. The lowest BCUT2D eigenvalue weighted by molar-refractivity contribution is 0.127. The third-order valence-corrected chi connectivity index (χ3v) is 3.82. The molecule has 2 heteroatoms. The Morgan fingerprint density at radius 1 is 1.15 bits per heavy atom. The molecule has 13 heavy (non-hydrogen) atoms. The molecule has 0 spiro atoms. The van der Waals surface area contributed by atoms with Gasteiger partial charge in [0.15, 0.2) is 0 Å². The first-order valence-corrected chi connectivity index (χ1v) is 5.75. The van der Waals surface area contributed by atoms with Gasteiger partial charge in [-0.15, -0.1) is 0 Å². The molecular formula is C11H22N2. The molecule has 2 fully saturated rings. The lowest BCUT2D eigenvalue weighted by Crippen LogP contribution is -2.44. The molecule has 0 aliphatic heterocycles. The number of nitrogens with two attached hydrogens (primary N) is 1. The van der Waals surface area contributed by atoms with E-state index >= 15 is 0 Å². The smallest absolute Gasteiger partial charge is 0.0135 e. The van der Waals surface area contributed by atoms with Gasteiger partial charge in [-0.3, -0.25) is 0 Å². The molecule has 0 aromatic rings. The van der Waals surface area contributed by atoms with Crippen LogP contribution in [0.25, 0.3) is 0 Å². The summed E-state index contributed by atoms with van der Waals surface area (Å²) in [6.45, 7) is 0.891. The van der Waals surface area contributed by atoms with E-state index in [1.165, 1.54) is 38.5 Å². The average Bonchev–Trinajstić information content (AvgIpc) is 3.00. The Kier molecular flexibility index (Phi) is 2.89. The van der Waals surface area contributed by atoms with Gasteiger partial charge >= 0.3 is 0 Å². The summed E-state index contributed by atoms with van der Waals surface area (Å²) < 4.78 is 0. The molecule has 2 unspecified atom stereocenters. The lowest BCUT2D eigenvalue weighted by Gasteiger charge is -2.37. The van der Waals surface area contributed by atoms with Gasteiger partial charge in [0.25, 0.3) is 0 Å². The van der Waals surface area contributed by atoms with Crippen molar-refractivity contribution in [3.8, 4) is 0 Å². The Balaban J connectivity index is 1.92. The van der Waals surface area contributed by atoms with Crippen molar-refractivity contribution < 1.29 is 0 Å². The average molecular weight is 182 g/mol. The van der Waals surface area contributed by atoms with Crippen molar-refractivity contribution in [1.82, 2.24) is 4.90 Å². The molecular weight excluding hydrogens is 160 g/mol. The van der Waals surface area contributed by atoms with Crippen molar-refractivity contribution >= 4 is 0 Å². The van der Waals surface area contributed by atoms with Gasteiger partial charge in [-0.2, -0.15) is 0 Å². The highest BCUT2D eigenvalue weighted by atomic mass is 15.2. The predicted octanol–water partition coefficient (Wildman–Crippen LogP) is 1.60. The van der Waals surface area contributed by atoms with Crippen LogP contribution in [0.2, 0.25) is 0 Å². The second kappa shape index (κ2) is 3.97. The summed E-state index contributed by atoms with van der Waals surface area (Å²) in [5.41, 5.74) is 5.83. The van der Waals surface area contributed by atoms with Crippen LogP contribution >= 0.6 is 0 Å². The van der Waals surface area contributed by atoms with Gasteiger partial charge in [0, 0.05) is 12.1 Å². The Bertz CT molecular complexity index is 163. The van der Waals surface area contributed by atoms with Gasteiger partial charge in [0.05, 0.1) is 0 Å². The second-order valence-electron chi connectivity index (χ2n) is 4.74. The first kappa shape index (κ1) is 9.47. The van der Waals surface area contributed by atoms with Crippen molar-refractivity contribution in [2.45, 2.75) is 50.6 Å². The van der Waals surface area contributed by atoms with E-state index in [2.05, 4.69) is 11.9 Å². The first-order valence-electron chi connectivity index (χ1n) is 5.75. The van der Waals surface area contributed by atoms with Gasteiger partial charge in [-0.25, -0.2) is 0 Å². The molecule has 2 aliphatic rings. The van der Waals surface area contributed by atoms with E-state index in [4.69, 9.17) is 5.73 Å². The molecule has 2 aliphatic carbocycles. The van der Waals surface area contributed by atoms with Crippen LogP contribution in [-0.2, 0) is 0 Å².